The molecule has 4 nitrogen and oxygen atoms in total. The van der Waals surface area contributed by atoms with E-state index in [1.165, 1.54) is 21.2 Å². The van der Waals surface area contributed by atoms with Gasteiger partial charge in [-0.3, -0.25) is 9.13 Å². The van der Waals surface area contributed by atoms with E-state index in [-0.39, 0.29) is 0 Å². The predicted octanol–water partition coefficient (Wildman–Crippen LogP) is 5.57. The zero-order valence-electron chi connectivity index (χ0n) is 22.8. The minimum Gasteiger partial charge on any atom is -0.297 e. The lowest BCUT2D eigenvalue weighted by molar-refractivity contribution is 1.03. The van der Waals surface area contributed by atoms with Crippen molar-refractivity contribution in [3.8, 4) is 11.4 Å². The molecule has 0 aliphatic rings. The molecule has 0 amide bonds. The van der Waals surface area contributed by atoms with Crippen LogP contribution in [0.25, 0.3) is 11.4 Å². The van der Waals surface area contributed by atoms with Crippen LogP contribution in [0.3, 0.4) is 0 Å². The Labute approximate surface area is 248 Å². The lowest BCUT2D eigenvalue weighted by Gasteiger charge is -2.23. The molecular formula is C36H28N4P2. The lowest BCUT2D eigenvalue weighted by atomic mass is 10.2. The lowest BCUT2D eigenvalue weighted by Crippen LogP contribution is -2.29. The van der Waals surface area contributed by atoms with E-state index in [4.69, 9.17) is 9.97 Å². The van der Waals surface area contributed by atoms with Gasteiger partial charge in [0.1, 0.15) is 11.1 Å². The summed E-state index contributed by atoms with van der Waals surface area (Å²) < 4.78 is 4.52. The van der Waals surface area contributed by atoms with Crippen LogP contribution in [-0.4, -0.2) is 19.1 Å². The van der Waals surface area contributed by atoms with Crippen LogP contribution < -0.4 is 32.3 Å². The molecule has 0 atom stereocenters. The van der Waals surface area contributed by atoms with Gasteiger partial charge in [-0.05, 0) is 33.4 Å². The van der Waals surface area contributed by atoms with Crippen LogP contribution in [0.15, 0.2) is 170 Å². The zero-order valence-corrected chi connectivity index (χ0v) is 24.6. The molecule has 7 rings (SSSR count). The smallest absolute Gasteiger partial charge is 0.145 e. The number of para-hydroxylation sites is 2. The van der Waals surface area contributed by atoms with E-state index in [1.54, 1.807) is 0 Å². The molecule has 2 aromatic heterocycles. The molecule has 0 fully saturated rings. The summed E-state index contributed by atoms with van der Waals surface area (Å²) in [6.45, 7) is 0. The Morgan fingerprint density at radius 1 is 0.357 bits per heavy atom. The van der Waals surface area contributed by atoms with Crippen molar-refractivity contribution in [1.29, 1.82) is 0 Å². The van der Waals surface area contributed by atoms with Gasteiger partial charge in [-0.1, -0.05) is 133 Å². The first-order chi connectivity index (χ1) is 20.9. The third-order valence-corrected chi connectivity index (χ3v) is 11.8. The highest BCUT2D eigenvalue weighted by Gasteiger charge is 2.25. The van der Waals surface area contributed by atoms with Gasteiger partial charge in [0.05, 0.1) is 11.4 Å². The summed E-state index contributed by atoms with van der Waals surface area (Å²) in [6.07, 6.45) is 8.01. The second-order valence-corrected chi connectivity index (χ2v) is 13.9. The summed E-state index contributed by atoms with van der Waals surface area (Å²) in [4.78, 5) is 9.98. The molecule has 0 bridgehead atoms. The van der Waals surface area contributed by atoms with E-state index in [0.717, 1.165) is 22.5 Å². The summed E-state index contributed by atoms with van der Waals surface area (Å²) >= 11 is 0. The molecule has 0 aliphatic carbocycles. The Hall–Kier alpha value is -4.62. The average molecular weight is 579 g/mol. The predicted molar refractivity (Wildman–Crippen MR) is 178 cm³/mol. The molecule has 6 heteroatoms. The molecule has 0 unspecified atom stereocenters. The average Bonchev–Trinajstić information content (AvgIpc) is 3.74. The summed E-state index contributed by atoms with van der Waals surface area (Å²) in [5.74, 6) is 0. The molecule has 0 N–H and O–H groups in total. The van der Waals surface area contributed by atoms with Crippen molar-refractivity contribution >= 4 is 48.2 Å². The van der Waals surface area contributed by atoms with Crippen LogP contribution in [0.1, 0.15) is 0 Å². The Morgan fingerprint density at radius 3 is 0.952 bits per heavy atom. The van der Waals surface area contributed by atoms with Gasteiger partial charge in [-0.25, -0.2) is 9.97 Å². The van der Waals surface area contributed by atoms with Gasteiger partial charge < -0.3 is 0 Å². The van der Waals surface area contributed by atoms with Crippen molar-refractivity contribution in [2.45, 2.75) is 0 Å². The molecular weight excluding hydrogens is 550 g/mol. The number of imidazole rings is 2. The Morgan fingerprint density at radius 2 is 0.643 bits per heavy atom. The first-order valence-corrected chi connectivity index (χ1v) is 16.5. The van der Waals surface area contributed by atoms with Gasteiger partial charge in [0.25, 0.3) is 0 Å². The quantitative estimate of drug-likeness (QED) is 0.221. The highest BCUT2D eigenvalue weighted by molar-refractivity contribution is 7.79. The van der Waals surface area contributed by atoms with E-state index < -0.39 is 15.8 Å². The van der Waals surface area contributed by atoms with Gasteiger partial charge in [0.15, 0.2) is 0 Å². The van der Waals surface area contributed by atoms with Crippen molar-refractivity contribution in [2.24, 2.45) is 0 Å². The van der Waals surface area contributed by atoms with E-state index >= 15 is 0 Å². The van der Waals surface area contributed by atoms with Gasteiger partial charge in [-0.2, -0.15) is 0 Å². The second kappa shape index (κ2) is 12.1. The summed E-state index contributed by atoms with van der Waals surface area (Å²) in [5, 5.41) is 5.07. The topological polar surface area (TPSA) is 35.6 Å². The highest BCUT2D eigenvalue weighted by atomic mass is 31.1. The molecule has 0 saturated carbocycles. The van der Waals surface area contributed by atoms with E-state index in [9.17, 15) is 0 Å². The largest absolute Gasteiger partial charge is 0.297 e. The van der Waals surface area contributed by atoms with Crippen molar-refractivity contribution in [2.75, 3.05) is 0 Å². The fourth-order valence-electron chi connectivity index (χ4n) is 5.24. The minimum absolute atomic E-state index is 0.885. The molecule has 7 aromatic rings. The third kappa shape index (κ3) is 5.12. The maximum absolute atomic E-state index is 4.99. The summed E-state index contributed by atoms with van der Waals surface area (Å²) in [7, 11) is -1.77. The Bertz CT molecular complexity index is 1670. The van der Waals surface area contributed by atoms with Crippen LogP contribution >= 0.6 is 15.8 Å². The number of benzene rings is 5. The molecule has 0 spiro atoms. The molecule has 0 radical (unpaired) electrons. The normalized spacial score (nSPS) is 11.3. The fraction of sp³-hybridized carbons (Fsp3) is 0. The standard InChI is InChI=1S/C36H28N4P2/c1-5-15-29(16-6-1)41(30-17-7-2-8-18-30)35-37-25-27-39(35)33-23-13-14-24-34(33)40-28-26-38-36(40)42(31-19-9-3-10-20-31)32-21-11-4-12-22-32/h1-28H. The van der Waals surface area contributed by atoms with Gasteiger partial charge in [0.2, 0.25) is 0 Å². The van der Waals surface area contributed by atoms with Crippen LogP contribution in [0, 0.1) is 0 Å². The molecule has 42 heavy (non-hydrogen) atoms. The SMILES string of the molecule is c1ccc(P(c2ccccc2)c2nccn2-c2ccccc2-n2ccnc2P(c2ccccc2)c2ccccc2)cc1. The van der Waals surface area contributed by atoms with Crippen molar-refractivity contribution in [1.82, 2.24) is 19.1 Å². The first-order valence-electron chi connectivity index (χ1n) is 13.9. The fourth-order valence-corrected chi connectivity index (χ4v) is 9.78. The molecule has 2 heterocycles. The maximum Gasteiger partial charge on any atom is 0.145 e. The number of aromatic nitrogens is 4. The second-order valence-electron chi connectivity index (χ2n) is 9.70. The Balaban J connectivity index is 1.39. The van der Waals surface area contributed by atoms with Gasteiger partial charge >= 0.3 is 0 Å². The number of hydrogen-bond acceptors (Lipinski definition) is 2. The molecule has 202 valence electrons. The van der Waals surface area contributed by atoms with E-state index in [2.05, 4.69) is 167 Å². The number of rotatable bonds is 8. The molecule has 0 aliphatic heterocycles. The van der Waals surface area contributed by atoms with Crippen molar-refractivity contribution in [3.05, 3.63) is 170 Å². The maximum atomic E-state index is 4.99. The van der Waals surface area contributed by atoms with Crippen LogP contribution in [0.2, 0.25) is 0 Å². The van der Waals surface area contributed by atoms with Crippen LogP contribution in [0.5, 0.6) is 0 Å². The van der Waals surface area contributed by atoms with Gasteiger partial charge in [0, 0.05) is 40.6 Å². The zero-order chi connectivity index (χ0) is 28.1. The van der Waals surface area contributed by atoms with E-state index in [1.807, 2.05) is 12.4 Å². The monoisotopic (exact) mass is 578 g/mol. The summed E-state index contributed by atoms with van der Waals surface area (Å²) in [5.41, 5.74) is 4.20. The molecule has 0 saturated heterocycles. The summed E-state index contributed by atoms with van der Waals surface area (Å²) in [6, 6.07) is 51.5. The Kier molecular flexibility index (Phi) is 7.57. The first kappa shape index (κ1) is 26.3. The third-order valence-electron chi connectivity index (χ3n) is 7.10. The molecule has 5 aromatic carbocycles. The van der Waals surface area contributed by atoms with Crippen LogP contribution in [-0.2, 0) is 0 Å². The van der Waals surface area contributed by atoms with Crippen molar-refractivity contribution in [3.63, 3.8) is 0 Å². The highest BCUT2D eigenvalue weighted by Crippen LogP contribution is 2.35. The van der Waals surface area contributed by atoms with Crippen molar-refractivity contribution < 1.29 is 0 Å². The van der Waals surface area contributed by atoms with Crippen LogP contribution in [0.4, 0.5) is 0 Å². The number of hydrogen-bond donors (Lipinski definition) is 0. The minimum atomic E-state index is -0.885. The number of nitrogens with zero attached hydrogens (tertiary/aromatic N) is 4. The van der Waals surface area contributed by atoms with E-state index in [0.29, 0.717) is 0 Å². The van der Waals surface area contributed by atoms with Gasteiger partial charge in [-0.15, -0.1) is 0 Å².